The van der Waals surface area contributed by atoms with Crippen LogP contribution in [-0.2, 0) is 0 Å². The minimum Gasteiger partial charge on any atom is -0.328 e. The van der Waals surface area contributed by atoms with Crippen molar-refractivity contribution in [3.8, 4) is 0 Å². The van der Waals surface area contributed by atoms with Crippen LogP contribution >= 0.6 is 0 Å². The van der Waals surface area contributed by atoms with Gasteiger partial charge in [-0.25, -0.2) is 4.79 Å². The molecule has 1 unspecified atom stereocenters. The van der Waals surface area contributed by atoms with E-state index in [1.165, 1.54) is 0 Å². The molecule has 1 aliphatic heterocycles. The van der Waals surface area contributed by atoms with Gasteiger partial charge in [-0.05, 0) is 25.0 Å². The minimum absolute atomic E-state index is 0.0437. The lowest BCUT2D eigenvalue weighted by Gasteiger charge is -2.34. The van der Waals surface area contributed by atoms with Crippen LogP contribution in [0.5, 0.6) is 0 Å². The maximum Gasteiger partial charge on any atom is 0.324 e. The molecule has 17 heavy (non-hydrogen) atoms. The van der Waals surface area contributed by atoms with Gasteiger partial charge in [0.1, 0.15) is 0 Å². The van der Waals surface area contributed by atoms with Crippen molar-refractivity contribution in [1.29, 1.82) is 0 Å². The molecular formula is C13H19N3O. The molecule has 0 saturated heterocycles. The molecule has 92 valence electrons. The van der Waals surface area contributed by atoms with E-state index in [1.54, 1.807) is 4.90 Å². The standard InChI is InChI=1S/C13H19N3O/c1-3-15(2)13(17)16-9-8-11(14)10-6-4-5-7-12(10)16/h4-7,11H,3,8-9,14H2,1-2H3. The van der Waals surface area contributed by atoms with Crippen molar-refractivity contribution in [2.24, 2.45) is 5.73 Å². The number of rotatable bonds is 1. The van der Waals surface area contributed by atoms with Gasteiger partial charge in [0.15, 0.2) is 0 Å². The number of nitrogens with zero attached hydrogens (tertiary/aromatic N) is 2. The third kappa shape index (κ3) is 2.13. The number of hydrogen-bond acceptors (Lipinski definition) is 2. The number of urea groups is 1. The van der Waals surface area contributed by atoms with E-state index < -0.39 is 0 Å². The molecule has 0 aliphatic carbocycles. The average Bonchev–Trinajstić information content (AvgIpc) is 2.38. The van der Waals surface area contributed by atoms with E-state index in [2.05, 4.69) is 0 Å². The summed E-state index contributed by atoms with van der Waals surface area (Å²) in [6.07, 6.45) is 0.820. The van der Waals surface area contributed by atoms with Gasteiger partial charge in [0.25, 0.3) is 0 Å². The van der Waals surface area contributed by atoms with E-state index in [9.17, 15) is 4.79 Å². The molecule has 1 atom stereocenters. The van der Waals surface area contributed by atoms with Crippen LogP contribution in [0.15, 0.2) is 24.3 Å². The van der Waals surface area contributed by atoms with E-state index in [0.29, 0.717) is 13.1 Å². The highest BCUT2D eigenvalue weighted by Crippen LogP contribution is 2.32. The van der Waals surface area contributed by atoms with E-state index in [-0.39, 0.29) is 12.1 Å². The Morgan fingerprint density at radius 1 is 1.53 bits per heavy atom. The minimum atomic E-state index is 0.0437. The Bertz CT molecular complexity index is 419. The summed E-state index contributed by atoms with van der Waals surface area (Å²) in [4.78, 5) is 15.7. The molecule has 1 aromatic rings. The molecule has 2 amide bonds. The number of anilines is 1. The fourth-order valence-corrected chi connectivity index (χ4v) is 2.13. The molecule has 2 N–H and O–H groups in total. The lowest BCUT2D eigenvalue weighted by atomic mass is 9.97. The van der Waals surface area contributed by atoms with Crippen molar-refractivity contribution < 1.29 is 4.79 Å². The first kappa shape index (κ1) is 11.9. The largest absolute Gasteiger partial charge is 0.328 e. The Morgan fingerprint density at radius 2 is 2.24 bits per heavy atom. The first-order valence-electron chi connectivity index (χ1n) is 6.02. The van der Waals surface area contributed by atoms with Gasteiger partial charge in [-0.3, -0.25) is 4.90 Å². The predicted octanol–water partition coefficient (Wildman–Crippen LogP) is 1.97. The molecule has 4 nitrogen and oxygen atoms in total. The van der Waals surface area contributed by atoms with Crippen LogP contribution in [0.4, 0.5) is 10.5 Å². The highest BCUT2D eigenvalue weighted by molar-refractivity contribution is 5.93. The lowest BCUT2D eigenvalue weighted by molar-refractivity contribution is 0.217. The fourth-order valence-electron chi connectivity index (χ4n) is 2.13. The number of fused-ring (bicyclic) bond motifs is 1. The van der Waals surface area contributed by atoms with E-state index >= 15 is 0 Å². The van der Waals surface area contributed by atoms with E-state index in [1.807, 2.05) is 43.1 Å². The van der Waals surface area contributed by atoms with Gasteiger partial charge in [-0.1, -0.05) is 18.2 Å². The van der Waals surface area contributed by atoms with Crippen molar-refractivity contribution >= 4 is 11.7 Å². The molecule has 0 fully saturated rings. The average molecular weight is 233 g/mol. The van der Waals surface area contributed by atoms with Crippen molar-refractivity contribution in [1.82, 2.24) is 4.90 Å². The summed E-state index contributed by atoms with van der Waals surface area (Å²) in [5.74, 6) is 0. The molecule has 1 aliphatic rings. The maximum atomic E-state index is 12.2. The number of carbonyl (C=O) groups is 1. The smallest absolute Gasteiger partial charge is 0.324 e. The molecule has 0 aromatic heterocycles. The van der Waals surface area contributed by atoms with Gasteiger partial charge in [0, 0.05) is 26.2 Å². The van der Waals surface area contributed by atoms with Crippen molar-refractivity contribution in [3.05, 3.63) is 29.8 Å². The monoisotopic (exact) mass is 233 g/mol. The Hall–Kier alpha value is -1.55. The Labute approximate surface area is 102 Å². The Kier molecular flexibility index (Phi) is 3.33. The van der Waals surface area contributed by atoms with Crippen LogP contribution in [0, 0.1) is 0 Å². The molecule has 1 aromatic carbocycles. The van der Waals surface area contributed by atoms with Crippen LogP contribution in [0.3, 0.4) is 0 Å². The van der Waals surface area contributed by atoms with Crippen LogP contribution in [0.1, 0.15) is 24.9 Å². The van der Waals surface area contributed by atoms with Gasteiger partial charge in [0.05, 0.1) is 5.69 Å². The van der Waals surface area contributed by atoms with Crippen LogP contribution < -0.4 is 10.6 Å². The Morgan fingerprint density at radius 3 is 2.94 bits per heavy atom. The quantitative estimate of drug-likeness (QED) is 0.806. The maximum absolute atomic E-state index is 12.2. The zero-order valence-electron chi connectivity index (χ0n) is 10.4. The fraction of sp³-hybridized carbons (Fsp3) is 0.462. The van der Waals surface area contributed by atoms with Gasteiger partial charge in [-0.15, -0.1) is 0 Å². The Balaban J connectivity index is 2.33. The van der Waals surface area contributed by atoms with E-state index in [4.69, 9.17) is 5.73 Å². The molecule has 0 radical (unpaired) electrons. The summed E-state index contributed by atoms with van der Waals surface area (Å²) in [5, 5.41) is 0. The third-order valence-corrected chi connectivity index (χ3v) is 3.32. The van der Waals surface area contributed by atoms with Gasteiger partial charge in [-0.2, -0.15) is 0 Å². The van der Waals surface area contributed by atoms with Crippen LogP contribution in [0.25, 0.3) is 0 Å². The highest BCUT2D eigenvalue weighted by Gasteiger charge is 2.27. The van der Waals surface area contributed by atoms with Gasteiger partial charge < -0.3 is 10.6 Å². The molecule has 0 spiro atoms. The molecule has 4 heteroatoms. The number of hydrogen-bond donors (Lipinski definition) is 1. The SMILES string of the molecule is CCN(C)C(=O)N1CCC(N)c2ccccc21. The van der Waals surface area contributed by atoms with E-state index in [0.717, 1.165) is 17.7 Å². The lowest BCUT2D eigenvalue weighted by Crippen LogP contribution is -2.45. The summed E-state index contributed by atoms with van der Waals surface area (Å²) >= 11 is 0. The number of benzene rings is 1. The molecule has 2 rings (SSSR count). The molecular weight excluding hydrogens is 214 g/mol. The van der Waals surface area contributed by atoms with Gasteiger partial charge >= 0.3 is 6.03 Å². The number of carbonyl (C=O) groups excluding carboxylic acids is 1. The summed E-state index contributed by atoms with van der Waals surface area (Å²) in [6.45, 7) is 3.38. The van der Waals surface area contributed by atoms with Gasteiger partial charge in [0.2, 0.25) is 0 Å². The number of para-hydroxylation sites is 1. The summed E-state index contributed by atoms with van der Waals surface area (Å²) in [7, 11) is 1.82. The zero-order valence-corrected chi connectivity index (χ0v) is 10.4. The van der Waals surface area contributed by atoms with Crippen LogP contribution in [-0.4, -0.2) is 31.1 Å². The van der Waals surface area contributed by atoms with Crippen LogP contribution in [0.2, 0.25) is 0 Å². The molecule has 0 bridgehead atoms. The normalized spacial score (nSPS) is 18.8. The first-order chi connectivity index (χ1) is 8.15. The first-order valence-corrected chi connectivity index (χ1v) is 6.02. The number of amides is 2. The number of nitrogens with two attached hydrogens (primary N) is 1. The van der Waals surface area contributed by atoms with Crippen molar-refractivity contribution in [2.45, 2.75) is 19.4 Å². The molecule has 0 saturated carbocycles. The topological polar surface area (TPSA) is 49.6 Å². The van der Waals surface area contributed by atoms with Crippen molar-refractivity contribution in [3.63, 3.8) is 0 Å². The summed E-state index contributed by atoms with van der Waals surface area (Å²) < 4.78 is 0. The van der Waals surface area contributed by atoms with Crippen molar-refractivity contribution in [2.75, 3.05) is 25.0 Å². The molecule has 1 heterocycles. The summed E-state index contributed by atoms with van der Waals surface area (Å²) in [6, 6.07) is 7.98. The second-order valence-corrected chi connectivity index (χ2v) is 4.40. The second kappa shape index (κ2) is 4.75. The zero-order chi connectivity index (χ0) is 12.4. The third-order valence-electron chi connectivity index (χ3n) is 3.32. The second-order valence-electron chi connectivity index (χ2n) is 4.40. The summed E-state index contributed by atoms with van der Waals surface area (Å²) in [5.41, 5.74) is 8.09. The predicted molar refractivity (Wildman–Crippen MR) is 69.0 cm³/mol. The highest BCUT2D eigenvalue weighted by atomic mass is 16.2.